The molecule has 17 heavy (non-hydrogen) atoms. The fraction of sp³-hybridized carbons (Fsp3) is 1.00. The average molecular weight is 240 g/mol. The molecule has 0 saturated carbocycles. The SMILES string of the molecule is CCCCOCCN(C)C1CC2CCC(C1)N2. The van der Waals surface area contributed by atoms with Crippen molar-refractivity contribution in [3.05, 3.63) is 0 Å². The maximum Gasteiger partial charge on any atom is 0.0593 e. The third kappa shape index (κ3) is 3.94. The van der Waals surface area contributed by atoms with Crippen LogP contribution in [0.1, 0.15) is 45.4 Å². The second kappa shape index (κ2) is 6.72. The molecule has 0 radical (unpaired) electrons. The van der Waals surface area contributed by atoms with E-state index in [9.17, 15) is 0 Å². The second-order valence-corrected chi connectivity index (χ2v) is 5.71. The molecule has 2 bridgehead atoms. The number of ether oxygens (including phenoxy) is 1. The van der Waals surface area contributed by atoms with Crippen molar-refractivity contribution in [1.29, 1.82) is 0 Å². The second-order valence-electron chi connectivity index (χ2n) is 5.71. The summed E-state index contributed by atoms with van der Waals surface area (Å²) in [5.41, 5.74) is 0. The van der Waals surface area contributed by atoms with E-state index in [1.54, 1.807) is 0 Å². The third-order valence-electron chi connectivity index (χ3n) is 4.30. The van der Waals surface area contributed by atoms with Gasteiger partial charge < -0.3 is 15.0 Å². The molecule has 2 aliphatic heterocycles. The monoisotopic (exact) mass is 240 g/mol. The first-order valence-corrected chi connectivity index (χ1v) is 7.33. The number of likely N-dealkylation sites (N-methyl/N-ethyl adjacent to an activating group) is 1. The van der Waals surface area contributed by atoms with Gasteiger partial charge in [-0.05, 0) is 39.2 Å². The van der Waals surface area contributed by atoms with Gasteiger partial charge in [0.25, 0.3) is 0 Å². The minimum Gasteiger partial charge on any atom is -0.380 e. The van der Waals surface area contributed by atoms with Crippen molar-refractivity contribution in [2.75, 3.05) is 26.8 Å². The predicted octanol–water partition coefficient (Wildman–Crippen LogP) is 2.02. The van der Waals surface area contributed by atoms with E-state index >= 15 is 0 Å². The molecule has 2 saturated heterocycles. The van der Waals surface area contributed by atoms with Gasteiger partial charge in [-0.15, -0.1) is 0 Å². The van der Waals surface area contributed by atoms with Crippen LogP contribution in [0.5, 0.6) is 0 Å². The Labute approximate surface area is 106 Å². The van der Waals surface area contributed by atoms with E-state index in [1.165, 1.54) is 38.5 Å². The Balaban J connectivity index is 1.61. The molecular weight excluding hydrogens is 212 g/mol. The van der Waals surface area contributed by atoms with Crippen LogP contribution < -0.4 is 5.32 Å². The molecule has 0 aromatic carbocycles. The summed E-state index contributed by atoms with van der Waals surface area (Å²) in [6, 6.07) is 2.37. The van der Waals surface area contributed by atoms with Crippen molar-refractivity contribution in [3.63, 3.8) is 0 Å². The number of rotatable bonds is 7. The third-order valence-corrected chi connectivity index (χ3v) is 4.30. The minimum atomic E-state index is 0.781. The van der Waals surface area contributed by atoms with E-state index in [0.29, 0.717) is 0 Å². The van der Waals surface area contributed by atoms with Gasteiger partial charge >= 0.3 is 0 Å². The molecule has 2 aliphatic rings. The summed E-state index contributed by atoms with van der Waals surface area (Å²) in [5.74, 6) is 0. The Morgan fingerprint density at radius 2 is 1.88 bits per heavy atom. The standard InChI is InChI=1S/C14H28N2O/c1-3-4-8-17-9-7-16(2)14-10-12-5-6-13(11-14)15-12/h12-15H,3-11H2,1-2H3. The van der Waals surface area contributed by atoms with Gasteiger partial charge in [-0.1, -0.05) is 13.3 Å². The molecule has 0 aromatic heterocycles. The van der Waals surface area contributed by atoms with E-state index < -0.39 is 0 Å². The van der Waals surface area contributed by atoms with Gasteiger partial charge in [0.2, 0.25) is 0 Å². The molecule has 2 rings (SSSR count). The first-order valence-electron chi connectivity index (χ1n) is 7.33. The Bertz CT molecular complexity index is 210. The van der Waals surface area contributed by atoms with Gasteiger partial charge in [0.15, 0.2) is 0 Å². The van der Waals surface area contributed by atoms with Gasteiger partial charge in [-0.25, -0.2) is 0 Å². The predicted molar refractivity (Wildman–Crippen MR) is 71.3 cm³/mol. The summed E-state index contributed by atoms with van der Waals surface area (Å²) < 4.78 is 5.65. The van der Waals surface area contributed by atoms with E-state index in [0.717, 1.165) is 37.9 Å². The molecule has 0 aromatic rings. The molecule has 100 valence electrons. The van der Waals surface area contributed by atoms with E-state index in [2.05, 4.69) is 24.2 Å². The van der Waals surface area contributed by atoms with Crippen molar-refractivity contribution >= 4 is 0 Å². The Morgan fingerprint density at radius 1 is 1.18 bits per heavy atom. The van der Waals surface area contributed by atoms with Crippen LogP contribution in [0, 0.1) is 0 Å². The maximum atomic E-state index is 5.65. The van der Waals surface area contributed by atoms with Crippen LogP contribution in [-0.4, -0.2) is 49.8 Å². The lowest BCUT2D eigenvalue weighted by molar-refractivity contribution is 0.0846. The van der Waals surface area contributed by atoms with Gasteiger partial charge in [-0.3, -0.25) is 0 Å². The lowest BCUT2D eigenvalue weighted by atomic mass is 9.99. The highest BCUT2D eigenvalue weighted by Gasteiger charge is 2.34. The molecular formula is C14H28N2O. The van der Waals surface area contributed by atoms with Crippen LogP contribution in [0.2, 0.25) is 0 Å². The zero-order valence-corrected chi connectivity index (χ0v) is 11.5. The number of nitrogens with zero attached hydrogens (tertiary/aromatic N) is 1. The topological polar surface area (TPSA) is 24.5 Å². The zero-order valence-electron chi connectivity index (χ0n) is 11.5. The van der Waals surface area contributed by atoms with Gasteiger partial charge in [0, 0.05) is 31.3 Å². The van der Waals surface area contributed by atoms with Crippen LogP contribution in [0.15, 0.2) is 0 Å². The highest BCUT2D eigenvalue weighted by atomic mass is 16.5. The highest BCUT2D eigenvalue weighted by Crippen LogP contribution is 2.28. The maximum absolute atomic E-state index is 5.65. The molecule has 3 nitrogen and oxygen atoms in total. The Morgan fingerprint density at radius 3 is 2.53 bits per heavy atom. The number of piperidine rings is 1. The van der Waals surface area contributed by atoms with Crippen LogP contribution >= 0.6 is 0 Å². The summed E-state index contributed by atoms with van der Waals surface area (Å²) in [6.45, 7) is 5.13. The molecule has 2 atom stereocenters. The highest BCUT2D eigenvalue weighted by molar-refractivity contribution is 4.95. The Kier molecular flexibility index (Phi) is 5.26. The molecule has 2 fully saturated rings. The summed E-state index contributed by atoms with van der Waals surface area (Å²) >= 11 is 0. The number of fused-ring (bicyclic) bond motifs is 2. The first kappa shape index (κ1) is 13.3. The summed E-state index contributed by atoms with van der Waals surface area (Å²) in [5, 5.41) is 3.70. The summed E-state index contributed by atoms with van der Waals surface area (Å²) in [7, 11) is 2.26. The quantitative estimate of drug-likeness (QED) is 0.689. The number of hydrogen-bond donors (Lipinski definition) is 1. The zero-order chi connectivity index (χ0) is 12.1. The van der Waals surface area contributed by atoms with Gasteiger partial charge in [0.05, 0.1) is 6.61 Å². The van der Waals surface area contributed by atoms with Crippen molar-refractivity contribution < 1.29 is 4.74 Å². The fourth-order valence-corrected chi connectivity index (χ4v) is 3.13. The summed E-state index contributed by atoms with van der Waals surface area (Å²) in [4.78, 5) is 2.51. The van der Waals surface area contributed by atoms with Crippen LogP contribution in [0.4, 0.5) is 0 Å². The molecule has 2 unspecified atom stereocenters. The average Bonchev–Trinajstić information content (AvgIpc) is 2.67. The molecule has 3 heteroatoms. The molecule has 0 aliphatic carbocycles. The van der Waals surface area contributed by atoms with Crippen LogP contribution in [0.3, 0.4) is 0 Å². The lowest BCUT2D eigenvalue weighted by Crippen LogP contribution is -2.47. The summed E-state index contributed by atoms with van der Waals surface area (Å²) in [6.07, 6.45) is 7.88. The van der Waals surface area contributed by atoms with E-state index in [-0.39, 0.29) is 0 Å². The van der Waals surface area contributed by atoms with E-state index in [4.69, 9.17) is 4.74 Å². The largest absolute Gasteiger partial charge is 0.380 e. The number of nitrogens with one attached hydrogen (secondary N) is 1. The number of hydrogen-bond acceptors (Lipinski definition) is 3. The van der Waals surface area contributed by atoms with Crippen molar-refractivity contribution in [3.8, 4) is 0 Å². The van der Waals surface area contributed by atoms with Crippen molar-refractivity contribution in [2.45, 2.75) is 63.6 Å². The van der Waals surface area contributed by atoms with Crippen LogP contribution in [0.25, 0.3) is 0 Å². The van der Waals surface area contributed by atoms with Crippen molar-refractivity contribution in [2.24, 2.45) is 0 Å². The minimum absolute atomic E-state index is 0.781. The van der Waals surface area contributed by atoms with Gasteiger partial charge in [0.1, 0.15) is 0 Å². The van der Waals surface area contributed by atoms with Gasteiger partial charge in [-0.2, -0.15) is 0 Å². The molecule has 1 N–H and O–H groups in total. The first-order chi connectivity index (χ1) is 8.29. The lowest BCUT2D eigenvalue weighted by Gasteiger charge is -2.35. The van der Waals surface area contributed by atoms with E-state index in [1.807, 2.05) is 0 Å². The normalized spacial score (nSPS) is 32.3. The van der Waals surface area contributed by atoms with Crippen LogP contribution in [-0.2, 0) is 4.74 Å². The smallest absolute Gasteiger partial charge is 0.0593 e. The van der Waals surface area contributed by atoms with Crippen molar-refractivity contribution in [1.82, 2.24) is 10.2 Å². The number of unbranched alkanes of at least 4 members (excludes halogenated alkanes) is 1. The molecule has 0 spiro atoms. The fourth-order valence-electron chi connectivity index (χ4n) is 3.13. The molecule has 0 amide bonds. The molecule has 2 heterocycles. The Hall–Kier alpha value is -0.120.